The van der Waals surface area contributed by atoms with E-state index >= 15 is 0 Å². The van der Waals surface area contributed by atoms with Crippen LogP contribution in [0.3, 0.4) is 0 Å². The molecule has 3 rings (SSSR count). The number of benzene rings is 3. The summed E-state index contributed by atoms with van der Waals surface area (Å²) in [5.41, 5.74) is 6.44. The fraction of sp³-hybridized carbons (Fsp3) is 0.0909. The molecule has 0 heterocycles. The Balaban J connectivity index is 1.75. The summed E-state index contributed by atoms with van der Waals surface area (Å²) in [6.07, 6.45) is -1.29. The first-order valence-electron chi connectivity index (χ1n) is 8.77. The number of halogens is 2. The largest absolute Gasteiger partial charge is 0.449 e. The van der Waals surface area contributed by atoms with Crippen molar-refractivity contribution < 1.29 is 23.1 Å². The van der Waals surface area contributed by atoms with E-state index in [9.17, 15) is 18.4 Å². The number of esters is 1. The molecule has 0 saturated carbocycles. The first-order chi connectivity index (χ1) is 13.9. The molecular formula is C22H18F2N2O3. The highest BCUT2D eigenvalue weighted by molar-refractivity contribution is 6.00. The molecule has 0 unspecified atom stereocenters. The number of carbonyl (C=O) groups is 2. The smallest absolute Gasteiger partial charge is 0.344 e. The van der Waals surface area contributed by atoms with Crippen molar-refractivity contribution in [3.63, 3.8) is 0 Å². The van der Waals surface area contributed by atoms with Gasteiger partial charge >= 0.3 is 5.97 Å². The minimum absolute atomic E-state index is 0.167. The zero-order chi connectivity index (χ0) is 21.0. The molecule has 1 amide bonds. The quantitative estimate of drug-likeness (QED) is 0.495. The van der Waals surface area contributed by atoms with Gasteiger partial charge in [-0.1, -0.05) is 48.5 Å². The maximum Gasteiger partial charge on any atom is 0.344 e. The lowest BCUT2D eigenvalue weighted by atomic mass is 10.0. The number of carbonyl (C=O) groups excluding carboxylic acids is 2. The number of ether oxygens (including phenoxy) is 1. The van der Waals surface area contributed by atoms with Gasteiger partial charge in [0.15, 0.2) is 6.10 Å². The third kappa shape index (κ3) is 4.57. The number of para-hydroxylation sites is 1. The van der Waals surface area contributed by atoms with Crippen LogP contribution in [0.5, 0.6) is 0 Å². The SMILES string of the molecule is C[C@@H](OC(=O)c1c(F)cc(N)cc1F)C(=O)Nc1ccccc1-c1ccccc1. The van der Waals surface area contributed by atoms with E-state index in [0.29, 0.717) is 5.69 Å². The van der Waals surface area contributed by atoms with Crippen LogP contribution in [-0.2, 0) is 9.53 Å². The van der Waals surface area contributed by atoms with Crippen molar-refractivity contribution in [2.45, 2.75) is 13.0 Å². The van der Waals surface area contributed by atoms with Gasteiger partial charge in [-0.2, -0.15) is 0 Å². The molecule has 0 fully saturated rings. The summed E-state index contributed by atoms with van der Waals surface area (Å²) in [4.78, 5) is 24.6. The van der Waals surface area contributed by atoms with Crippen LogP contribution in [0.2, 0.25) is 0 Å². The number of nitrogen functional groups attached to an aromatic ring is 1. The molecule has 29 heavy (non-hydrogen) atoms. The van der Waals surface area contributed by atoms with Gasteiger partial charge in [0.05, 0.1) is 0 Å². The highest BCUT2D eigenvalue weighted by Gasteiger charge is 2.25. The second kappa shape index (κ2) is 8.52. The van der Waals surface area contributed by atoms with Crippen LogP contribution in [0.15, 0.2) is 66.7 Å². The molecule has 3 aromatic rings. The Morgan fingerprint density at radius 3 is 2.21 bits per heavy atom. The van der Waals surface area contributed by atoms with Crippen molar-refractivity contribution in [1.82, 2.24) is 0 Å². The van der Waals surface area contributed by atoms with Crippen LogP contribution in [-0.4, -0.2) is 18.0 Å². The molecule has 0 aliphatic heterocycles. The van der Waals surface area contributed by atoms with Crippen molar-refractivity contribution in [2.75, 3.05) is 11.1 Å². The Kier molecular flexibility index (Phi) is 5.87. The topological polar surface area (TPSA) is 81.4 Å². The first kappa shape index (κ1) is 20.0. The number of anilines is 2. The zero-order valence-corrected chi connectivity index (χ0v) is 15.5. The molecule has 3 N–H and O–H groups in total. The van der Waals surface area contributed by atoms with Crippen LogP contribution < -0.4 is 11.1 Å². The van der Waals surface area contributed by atoms with Crippen molar-refractivity contribution >= 4 is 23.3 Å². The molecule has 0 aliphatic carbocycles. The summed E-state index contributed by atoms with van der Waals surface area (Å²) in [5.74, 6) is -4.25. The van der Waals surface area contributed by atoms with E-state index in [1.165, 1.54) is 6.92 Å². The van der Waals surface area contributed by atoms with Crippen molar-refractivity contribution in [3.05, 3.63) is 83.9 Å². The first-order valence-corrected chi connectivity index (χ1v) is 8.77. The van der Waals surface area contributed by atoms with Crippen molar-refractivity contribution in [3.8, 4) is 11.1 Å². The monoisotopic (exact) mass is 396 g/mol. The Bertz CT molecular complexity index is 1030. The molecule has 0 radical (unpaired) electrons. The van der Waals surface area contributed by atoms with E-state index < -0.39 is 35.2 Å². The summed E-state index contributed by atoms with van der Waals surface area (Å²) in [7, 11) is 0. The van der Waals surface area contributed by atoms with Gasteiger partial charge in [0.2, 0.25) is 0 Å². The van der Waals surface area contributed by atoms with Gasteiger partial charge in [-0.05, 0) is 30.7 Å². The van der Waals surface area contributed by atoms with Gasteiger partial charge in [0.25, 0.3) is 5.91 Å². The van der Waals surface area contributed by atoms with E-state index in [0.717, 1.165) is 23.3 Å². The van der Waals surface area contributed by atoms with Crippen LogP contribution >= 0.6 is 0 Å². The number of nitrogens with one attached hydrogen (secondary N) is 1. The van der Waals surface area contributed by atoms with E-state index in [1.54, 1.807) is 12.1 Å². The third-order valence-electron chi connectivity index (χ3n) is 4.19. The molecular weight excluding hydrogens is 378 g/mol. The molecule has 5 nitrogen and oxygen atoms in total. The molecule has 1 atom stereocenters. The van der Waals surface area contributed by atoms with Crippen LogP contribution in [0.1, 0.15) is 17.3 Å². The lowest BCUT2D eigenvalue weighted by molar-refractivity contribution is -0.123. The van der Waals surface area contributed by atoms with E-state index in [-0.39, 0.29) is 5.69 Å². The second-order valence-corrected chi connectivity index (χ2v) is 6.31. The van der Waals surface area contributed by atoms with Crippen LogP contribution in [0.25, 0.3) is 11.1 Å². The predicted molar refractivity (Wildman–Crippen MR) is 106 cm³/mol. The molecule has 3 aromatic carbocycles. The van der Waals surface area contributed by atoms with E-state index in [1.807, 2.05) is 42.5 Å². The van der Waals surface area contributed by atoms with Gasteiger partial charge < -0.3 is 15.8 Å². The Hall–Kier alpha value is -3.74. The minimum Gasteiger partial charge on any atom is -0.449 e. The molecule has 0 bridgehead atoms. The number of rotatable bonds is 5. The molecule has 0 spiro atoms. The summed E-state index contributed by atoms with van der Waals surface area (Å²) in [5, 5.41) is 2.68. The van der Waals surface area contributed by atoms with Crippen molar-refractivity contribution in [1.29, 1.82) is 0 Å². The van der Waals surface area contributed by atoms with Crippen LogP contribution in [0.4, 0.5) is 20.2 Å². The van der Waals surface area contributed by atoms with E-state index in [4.69, 9.17) is 10.5 Å². The van der Waals surface area contributed by atoms with Crippen LogP contribution in [0, 0.1) is 11.6 Å². The summed E-state index contributed by atoms with van der Waals surface area (Å²) in [6, 6.07) is 18.1. The summed E-state index contributed by atoms with van der Waals surface area (Å²) >= 11 is 0. The van der Waals surface area contributed by atoms with E-state index in [2.05, 4.69) is 5.32 Å². The maximum atomic E-state index is 13.9. The lowest BCUT2D eigenvalue weighted by Crippen LogP contribution is -2.30. The van der Waals surface area contributed by atoms with Gasteiger partial charge in [0.1, 0.15) is 17.2 Å². The average Bonchev–Trinajstić information content (AvgIpc) is 2.68. The average molecular weight is 396 g/mol. The second-order valence-electron chi connectivity index (χ2n) is 6.31. The zero-order valence-electron chi connectivity index (χ0n) is 15.5. The number of nitrogens with two attached hydrogens (primary N) is 1. The van der Waals surface area contributed by atoms with Gasteiger partial charge in [-0.25, -0.2) is 13.6 Å². The standard InChI is InChI=1S/C22H18F2N2O3/c1-13(29-22(28)20-17(23)11-15(25)12-18(20)24)21(27)26-19-10-6-5-9-16(19)14-7-3-2-4-8-14/h2-13H,25H2,1H3,(H,26,27)/t13-/m1/s1. The Morgan fingerprint density at radius 1 is 0.966 bits per heavy atom. The number of hydrogen-bond donors (Lipinski definition) is 2. The van der Waals surface area contributed by atoms with Crippen molar-refractivity contribution in [2.24, 2.45) is 0 Å². The highest BCUT2D eigenvalue weighted by Crippen LogP contribution is 2.27. The fourth-order valence-electron chi connectivity index (χ4n) is 2.76. The predicted octanol–water partition coefficient (Wildman–Crippen LogP) is 4.40. The third-order valence-corrected chi connectivity index (χ3v) is 4.19. The van der Waals surface area contributed by atoms with Gasteiger partial charge in [0, 0.05) is 16.9 Å². The molecule has 0 saturated heterocycles. The minimum atomic E-state index is -1.29. The summed E-state index contributed by atoms with van der Waals surface area (Å²) in [6.45, 7) is 1.31. The normalized spacial score (nSPS) is 11.6. The molecule has 7 heteroatoms. The fourth-order valence-corrected chi connectivity index (χ4v) is 2.76. The summed E-state index contributed by atoms with van der Waals surface area (Å²) < 4.78 is 32.7. The number of amides is 1. The Morgan fingerprint density at radius 2 is 1.55 bits per heavy atom. The lowest BCUT2D eigenvalue weighted by Gasteiger charge is -2.16. The maximum absolute atomic E-state index is 13.9. The van der Waals surface area contributed by atoms with Gasteiger partial charge in [-0.15, -0.1) is 0 Å². The molecule has 0 aromatic heterocycles. The highest BCUT2D eigenvalue weighted by atomic mass is 19.1. The number of hydrogen-bond acceptors (Lipinski definition) is 4. The van der Waals surface area contributed by atoms with Gasteiger partial charge in [-0.3, -0.25) is 4.79 Å². The molecule has 148 valence electrons. The Labute approximate surface area is 166 Å². The molecule has 0 aliphatic rings.